The molecule has 1 aromatic rings. The summed E-state index contributed by atoms with van der Waals surface area (Å²) in [6, 6.07) is 5.15. The van der Waals surface area contributed by atoms with Crippen LogP contribution in [0.5, 0.6) is 5.75 Å². The maximum absolute atomic E-state index is 5.08. The molecule has 0 bridgehead atoms. The Morgan fingerprint density at radius 2 is 1.62 bits per heavy atom. The number of hydrogen-bond donors (Lipinski definition) is 0. The zero-order valence-corrected chi connectivity index (χ0v) is 14.2. The van der Waals surface area contributed by atoms with Crippen molar-refractivity contribution in [2.24, 2.45) is 0 Å². The molecule has 0 saturated carbocycles. The van der Waals surface area contributed by atoms with Gasteiger partial charge in [0.15, 0.2) is 0 Å². The number of ether oxygens (including phenoxy) is 1. The van der Waals surface area contributed by atoms with Gasteiger partial charge in [-0.1, -0.05) is 47.5 Å². The normalized spacial score (nSPS) is 8.62. The van der Waals surface area contributed by atoms with E-state index in [0.29, 0.717) is 0 Å². The fraction of sp³-hybridized carbons (Fsp3) is 0.571. The van der Waals surface area contributed by atoms with Gasteiger partial charge in [0, 0.05) is 26.8 Å². The smallest absolute Gasteiger partial charge is 0.0743 e. The number of benzene rings is 1. The van der Waals surface area contributed by atoms with Crippen LogP contribution in [-0.2, 0) is 21.1 Å². The molecule has 1 rings (SSSR count). The van der Waals surface area contributed by atoms with Crippen LogP contribution in [0.15, 0.2) is 6.07 Å². The van der Waals surface area contributed by atoms with Gasteiger partial charge in [-0.15, -0.1) is 12.1 Å². The number of aryl methyl sites for hydroxylation is 2. The summed E-state index contributed by atoms with van der Waals surface area (Å²) >= 11 is 0. The molecule has 0 aromatic heterocycles. The second kappa shape index (κ2) is 9.90. The van der Waals surface area contributed by atoms with Crippen molar-refractivity contribution in [3.05, 3.63) is 28.8 Å². The maximum atomic E-state index is 5.08. The van der Waals surface area contributed by atoms with Gasteiger partial charge in [-0.05, 0) is 0 Å². The van der Waals surface area contributed by atoms with Crippen LogP contribution in [0.25, 0.3) is 0 Å². The molecule has 0 aliphatic heterocycles. The van der Waals surface area contributed by atoms with Crippen molar-refractivity contribution in [2.45, 2.75) is 47.5 Å². The second-order valence-corrected chi connectivity index (χ2v) is 3.77. The Hall–Kier alpha value is -0.292. The Morgan fingerprint density at radius 3 is 1.94 bits per heavy atom. The molecule has 0 heterocycles. The van der Waals surface area contributed by atoms with Crippen LogP contribution in [0, 0.1) is 26.8 Å². The maximum Gasteiger partial charge on any atom is 0.0743 e. The van der Waals surface area contributed by atoms with E-state index < -0.39 is 0 Å². The number of methoxy groups -OCH3 is 1. The Kier molecular flexibility index (Phi) is 11.2. The molecule has 0 unspecified atom stereocenters. The van der Waals surface area contributed by atoms with Gasteiger partial charge < -0.3 is 4.74 Å². The van der Waals surface area contributed by atoms with Crippen LogP contribution in [0.1, 0.15) is 43.4 Å². The van der Waals surface area contributed by atoms with Crippen molar-refractivity contribution in [2.75, 3.05) is 7.11 Å². The molecule has 2 heteroatoms. The predicted molar refractivity (Wildman–Crippen MR) is 66.6 cm³/mol. The molecule has 0 amide bonds. The predicted octanol–water partition coefficient (Wildman–Crippen LogP) is 4.22. The fourth-order valence-electron chi connectivity index (χ4n) is 1.03. The van der Waals surface area contributed by atoms with Crippen molar-refractivity contribution in [1.82, 2.24) is 0 Å². The summed E-state index contributed by atoms with van der Waals surface area (Å²) in [5, 5.41) is 0. The zero-order valence-electron chi connectivity index (χ0n) is 11.3. The minimum absolute atomic E-state index is 0. The van der Waals surface area contributed by atoms with Gasteiger partial charge in [0.05, 0.1) is 7.11 Å². The van der Waals surface area contributed by atoms with E-state index in [4.69, 9.17) is 4.74 Å². The number of rotatable bonds is 2. The van der Waals surface area contributed by atoms with E-state index in [1.807, 2.05) is 13.0 Å². The monoisotopic (exact) mass is 391 g/mol. The van der Waals surface area contributed by atoms with E-state index in [2.05, 4.69) is 33.8 Å². The molecular formula is C14H23OW-. The van der Waals surface area contributed by atoms with E-state index in [1.165, 1.54) is 29.5 Å². The zero-order chi connectivity index (χ0) is 11.8. The molecule has 0 saturated heterocycles. The molecule has 0 atom stereocenters. The number of unbranched alkanes of at least 4 members (excludes halogenated alkanes) is 1. The summed E-state index contributed by atoms with van der Waals surface area (Å²) in [6.07, 6.45) is 2.64. The summed E-state index contributed by atoms with van der Waals surface area (Å²) in [5.74, 6) is 0.825. The van der Waals surface area contributed by atoms with E-state index in [0.717, 1.165) is 5.75 Å². The minimum Gasteiger partial charge on any atom is -0.523 e. The Labute approximate surface area is 115 Å². The summed E-state index contributed by atoms with van der Waals surface area (Å²) in [4.78, 5) is 0. The van der Waals surface area contributed by atoms with Crippen LogP contribution in [0.3, 0.4) is 0 Å². The summed E-state index contributed by atoms with van der Waals surface area (Å²) in [5.41, 5.74) is 3.73. The molecule has 0 aliphatic carbocycles. The summed E-state index contributed by atoms with van der Waals surface area (Å²) in [7, 11) is 1.67. The first-order chi connectivity index (χ1) is 7.06. The molecular weight excluding hydrogens is 368 g/mol. The molecule has 92 valence electrons. The molecule has 0 N–H and O–H groups in total. The van der Waals surface area contributed by atoms with Gasteiger partial charge in [0.2, 0.25) is 0 Å². The molecule has 0 spiro atoms. The quantitative estimate of drug-likeness (QED) is 0.686. The average molecular weight is 391 g/mol. The third-order valence-electron chi connectivity index (χ3n) is 2.53. The van der Waals surface area contributed by atoms with Gasteiger partial charge in [-0.3, -0.25) is 0 Å². The van der Waals surface area contributed by atoms with Crippen molar-refractivity contribution < 1.29 is 25.8 Å². The van der Waals surface area contributed by atoms with E-state index in [-0.39, 0.29) is 21.1 Å². The largest absolute Gasteiger partial charge is 0.523 e. The van der Waals surface area contributed by atoms with Gasteiger partial charge in [0.1, 0.15) is 0 Å². The van der Waals surface area contributed by atoms with Gasteiger partial charge in [-0.2, -0.15) is 16.7 Å². The first-order valence-corrected chi connectivity index (χ1v) is 5.60. The summed E-state index contributed by atoms with van der Waals surface area (Å²) < 4.78 is 5.08. The van der Waals surface area contributed by atoms with Gasteiger partial charge in [-0.25, -0.2) is 0 Å². The fourth-order valence-corrected chi connectivity index (χ4v) is 1.03. The minimum atomic E-state index is 0. The Balaban J connectivity index is 0. The van der Waals surface area contributed by atoms with Crippen molar-refractivity contribution in [3.63, 3.8) is 0 Å². The second-order valence-electron chi connectivity index (χ2n) is 3.77. The van der Waals surface area contributed by atoms with E-state index >= 15 is 0 Å². The molecule has 16 heavy (non-hydrogen) atoms. The summed E-state index contributed by atoms with van der Waals surface area (Å²) in [6.45, 7) is 10.6. The standard InChI is InChI=1S/C10H13O.C4H10.W/c1-7-5-10(11-4)6-8(2)9(7)3;1-3-4-2;/h5H,1-4H3;3-4H2,1-2H3;/q-1;;. The van der Waals surface area contributed by atoms with Crippen LogP contribution in [0.4, 0.5) is 0 Å². The van der Waals surface area contributed by atoms with Crippen LogP contribution < -0.4 is 4.74 Å². The van der Waals surface area contributed by atoms with Crippen LogP contribution in [-0.4, -0.2) is 7.11 Å². The van der Waals surface area contributed by atoms with Crippen molar-refractivity contribution >= 4 is 0 Å². The third kappa shape index (κ3) is 6.33. The topological polar surface area (TPSA) is 9.23 Å². The molecule has 0 aliphatic rings. The first kappa shape index (κ1) is 18.1. The number of hydrogen-bond acceptors (Lipinski definition) is 1. The van der Waals surface area contributed by atoms with E-state index in [1.54, 1.807) is 7.11 Å². The van der Waals surface area contributed by atoms with Gasteiger partial charge in [0.25, 0.3) is 0 Å². The Morgan fingerprint density at radius 1 is 1.12 bits per heavy atom. The third-order valence-corrected chi connectivity index (χ3v) is 2.53. The van der Waals surface area contributed by atoms with Crippen LogP contribution in [0.2, 0.25) is 0 Å². The van der Waals surface area contributed by atoms with Crippen molar-refractivity contribution in [3.8, 4) is 5.75 Å². The first-order valence-electron chi connectivity index (χ1n) is 5.60. The van der Waals surface area contributed by atoms with Crippen LogP contribution >= 0.6 is 0 Å². The Bertz CT molecular complexity index is 270. The van der Waals surface area contributed by atoms with E-state index in [9.17, 15) is 0 Å². The SMILES string of the molecule is CCCC.COc1[c-]c(C)c(C)c(C)c1.[W]. The van der Waals surface area contributed by atoms with Gasteiger partial charge >= 0.3 is 0 Å². The average Bonchev–Trinajstić information content (AvgIpc) is 2.25. The molecule has 1 nitrogen and oxygen atoms in total. The van der Waals surface area contributed by atoms with Crippen molar-refractivity contribution in [1.29, 1.82) is 0 Å². The molecule has 0 radical (unpaired) electrons. The molecule has 0 fully saturated rings. The molecule has 1 aromatic carbocycles.